The molecule has 6 nitrogen and oxygen atoms in total. The molecule has 20 heavy (non-hydrogen) atoms. The minimum atomic E-state index is -1.38. The molecule has 0 saturated carbocycles. The average molecular weight is 292 g/mol. The minimum Gasteiger partial charge on any atom is -0.394 e. The van der Waals surface area contributed by atoms with E-state index in [1.807, 2.05) is 0 Å². The van der Waals surface area contributed by atoms with Gasteiger partial charge in [-0.3, -0.25) is 0 Å². The fourth-order valence-corrected chi connectivity index (χ4v) is 2.55. The van der Waals surface area contributed by atoms with Crippen LogP contribution in [0.5, 0.6) is 0 Å². The number of hydrogen-bond donors (Lipinski definition) is 4. The van der Waals surface area contributed by atoms with E-state index in [9.17, 15) is 15.3 Å². The van der Waals surface area contributed by atoms with E-state index < -0.39 is 37.3 Å². The standard InChI is InChI=1S/C14H28O6/c1-4-9(8(2)3)5-6-19-14-13(18)12(17)11(16)10(7-15)20-14/h8-18H,4-7H2,1-3H3/t9?,10-,11-,12+,13-,14-/m1/s1. The molecule has 1 aliphatic heterocycles. The molecule has 120 valence electrons. The zero-order valence-electron chi connectivity index (χ0n) is 12.5. The molecule has 6 atom stereocenters. The van der Waals surface area contributed by atoms with Gasteiger partial charge < -0.3 is 29.9 Å². The lowest BCUT2D eigenvalue weighted by Crippen LogP contribution is -2.59. The summed E-state index contributed by atoms with van der Waals surface area (Å²) in [5, 5.41) is 38.2. The van der Waals surface area contributed by atoms with Gasteiger partial charge in [0.15, 0.2) is 6.29 Å². The lowest BCUT2D eigenvalue weighted by Gasteiger charge is -2.39. The molecule has 0 aliphatic carbocycles. The second kappa shape index (κ2) is 8.26. The second-order valence-electron chi connectivity index (χ2n) is 5.77. The Kier molecular flexibility index (Phi) is 7.36. The van der Waals surface area contributed by atoms with Gasteiger partial charge in [-0.05, 0) is 18.3 Å². The van der Waals surface area contributed by atoms with Gasteiger partial charge in [-0.25, -0.2) is 0 Å². The van der Waals surface area contributed by atoms with Crippen molar-refractivity contribution >= 4 is 0 Å². The first-order chi connectivity index (χ1) is 9.42. The van der Waals surface area contributed by atoms with Crippen molar-refractivity contribution in [3.63, 3.8) is 0 Å². The molecule has 1 saturated heterocycles. The quantitative estimate of drug-likeness (QED) is 0.522. The fraction of sp³-hybridized carbons (Fsp3) is 1.00. The number of aliphatic hydroxyl groups is 4. The number of hydrogen-bond acceptors (Lipinski definition) is 6. The highest BCUT2D eigenvalue weighted by Gasteiger charge is 2.43. The molecule has 0 aromatic rings. The van der Waals surface area contributed by atoms with E-state index >= 15 is 0 Å². The van der Waals surface area contributed by atoms with Crippen molar-refractivity contribution in [2.24, 2.45) is 11.8 Å². The molecule has 0 aromatic heterocycles. The Morgan fingerprint density at radius 1 is 1.10 bits per heavy atom. The highest BCUT2D eigenvalue weighted by Crippen LogP contribution is 2.24. The van der Waals surface area contributed by atoms with Crippen LogP contribution in [-0.4, -0.2) is 64.3 Å². The Morgan fingerprint density at radius 3 is 2.25 bits per heavy atom. The van der Waals surface area contributed by atoms with Gasteiger partial charge in [0.25, 0.3) is 0 Å². The van der Waals surface area contributed by atoms with Crippen molar-refractivity contribution in [3.05, 3.63) is 0 Å². The molecule has 4 N–H and O–H groups in total. The maximum absolute atomic E-state index is 9.81. The summed E-state index contributed by atoms with van der Waals surface area (Å²) in [6.45, 7) is 6.40. The highest BCUT2D eigenvalue weighted by molar-refractivity contribution is 4.88. The summed E-state index contributed by atoms with van der Waals surface area (Å²) in [6.07, 6.45) is -4.07. The third kappa shape index (κ3) is 4.38. The molecule has 6 heteroatoms. The largest absolute Gasteiger partial charge is 0.394 e. The Labute approximate surface area is 120 Å². The smallest absolute Gasteiger partial charge is 0.186 e. The van der Waals surface area contributed by atoms with Gasteiger partial charge in [-0.15, -0.1) is 0 Å². The van der Waals surface area contributed by atoms with Gasteiger partial charge in [0.1, 0.15) is 24.4 Å². The normalized spacial score (nSPS) is 36.3. The Hall–Kier alpha value is -0.240. The minimum absolute atomic E-state index is 0.402. The SMILES string of the molecule is CCC(CCO[C@@H]1O[C@H](CO)[C@@H](O)[C@H](O)[C@H]1O)C(C)C. The predicted octanol–water partition coefficient (Wildman–Crippen LogP) is -0.125. The van der Waals surface area contributed by atoms with Crippen molar-refractivity contribution in [2.45, 2.75) is 64.3 Å². The van der Waals surface area contributed by atoms with Crippen molar-refractivity contribution in [2.75, 3.05) is 13.2 Å². The Bertz CT molecular complexity index is 270. The van der Waals surface area contributed by atoms with Crippen LogP contribution in [0, 0.1) is 11.8 Å². The number of aliphatic hydroxyl groups excluding tert-OH is 4. The summed E-state index contributed by atoms with van der Waals surface area (Å²) >= 11 is 0. The molecule has 1 aliphatic rings. The van der Waals surface area contributed by atoms with Crippen LogP contribution in [0.4, 0.5) is 0 Å². The summed E-state index contributed by atoms with van der Waals surface area (Å²) in [7, 11) is 0. The zero-order valence-corrected chi connectivity index (χ0v) is 12.5. The van der Waals surface area contributed by atoms with E-state index in [0.717, 1.165) is 12.8 Å². The molecule has 0 radical (unpaired) electrons. The number of ether oxygens (including phenoxy) is 2. The van der Waals surface area contributed by atoms with Crippen LogP contribution in [0.25, 0.3) is 0 Å². The van der Waals surface area contributed by atoms with Crippen LogP contribution >= 0.6 is 0 Å². The molecular formula is C14H28O6. The van der Waals surface area contributed by atoms with Crippen LogP contribution in [-0.2, 0) is 9.47 Å². The lowest BCUT2D eigenvalue weighted by molar-refractivity contribution is -0.301. The van der Waals surface area contributed by atoms with Crippen molar-refractivity contribution in [1.82, 2.24) is 0 Å². The van der Waals surface area contributed by atoms with Gasteiger partial charge in [0, 0.05) is 0 Å². The molecule has 1 rings (SSSR count). The summed E-state index contributed by atoms with van der Waals surface area (Å²) in [5.41, 5.74) is 0. The van der Waals surface area contributed by atoms with Crippen LogP contribution < -0.4 is 0 Å². The topological polar surface area (TPSA) is 99.4 Å². The van der Waals surface area contributed by atoms with Gasteiger partial charge in [0.05, 0.1) is 13.2 Å². The maximum Gasteiger partial charge on any atom is 0.186 e. The molecule has 1 unspecified atom stereocenters. The summed E-state index contributed by atoms with van der Waals surface area (Å²) in [5.74, 6) is 1.08. The third-order valence-electron chi connectivity index (χ3n) is 4.09. The molecule has 1 fully saturated rings. The summed E-state index contributed by atoms with van der Waals surface area (Å²) in [4.78, 5) is 0. The van der Waals surface area contributed by atoms with Crippen LogP contribution in [0.15, 0.2) is 0 Å². The summed E-state index contributed by atoms with van der Waals surface area (Å²) in [6, 6.07) is 0. The Morgan fingerprint density at radius 2 is 1.75 bits per heavy atom. The van der Waals surface area contributed by atoms with E-state index in [-0.39, 0.29) is 0 Å². The van der Waals surface area contributed by atoms with Gasteiger partial charge in [0.2, 0.25) is 0 Å². The monoisotopic (exact) mass is 292 g/mol. The lowest BCUT2D eigenvalue weighted by atomic mass is 9.90. The number of rotatable bonds is 7. The van der Waals surface area contributed by atoms with Crippen LogP contribution in [0.2, 0.25) is 0 Å². The molecule has 0 spiro atoms. The van der Waals surface area contributed by atoms with Crippen molar-refractivity contribution in [1.29, 1.82) is 0 Å². The van der Waals surface area contributed by atoms with Gasteiger partial charge in [-0.1, -0.05) is 27.2 Å². The van der Waals surface area contributed by atoms with Gasteiger partial charge in [-0.2, -0.15) is 0 Å². The first-order valence-electron chi connectivity index (χ1n) is 7.34. The van der Waals surface area contributed by atoms with E-state index in [0.29, 0.717) is 18.4 Å². The first kappa shape index (κ1) is 17.8. The third-order valence-corrected chi connectivity index (χ3v) is 4.09. The van der Waals surface area contributed by atoms with E-state index in [4.69, 9.17) is 14.6 Å². The molecule has 0 aromatic carbocycles. The molecule has 1 heterocycles. The van der Waals surface area contributed by atoms with E-state index in [2.05, 4.69) is 20.8 Å². The van der Waals surface area contributed by atoms with Crippen molar-refractivity contribution in [3.8, 4) is 0 Å². The zero-order chi connectivity index (χ0) is 15.3. The first-order valence-corrected chi connectivity index (χ1v) is 7.34. The average Bonchev–Trinajstić information content (AvgIpc) is 2.42. The van der Waals surface area contributed by atoms with Crippen molar-refractivity contribution < 1.29 is 29.9 Å². The second-order valence-corrected chi connectivity index (χ2v) is 5.77. The van der Waals surface area contributed by atoms with Crippen LogP contribution in [0.1, 0.15) is 33.6 Å². The van der Waals surface area contributed by atoms with E-state index in [1.54, 1.807) is 0 Å². The molecular weight excluding hydrogens is 264 g/mol. The maximum atomic E-state index is 9.81. The van der Waals surface area contributed by atoms with E-state index in [1.165, 1.54) is 0 Å². The highest BCUT2D eigenvalue weighted by atomic mass is 16.7. The summed E-state index contributed by atoms with van der Waals surface area (Å²) < 4.78 is 10.7. The molecule has 0 amide bonds. The fourth-order valence-electron chi connectivity index (χ4n) is 2.55. The predicted molar refractivity (Wildman–Crippen MR) is 73.0 cm³/mol. The van der Waals surface area contributed by atoms with Crippen LogP contribution in [0.3, 0.4) is 0 Å². The molecule has 0 bridgehead atoms. The Balaban J connectivity index is 2.46. The van der Waals surface area contributed by atoms with Gasteiger partial charge >= 0.3 is 0 Å².